The van der Waals surface area contributed by atoms with E-state index in [4.69, 9.17) is 4.74 Å². The van der Waals surface area contributed by atoms with Gasteiger partial charge in [-0.05, 0) is 41.8 Å². The number of ether oxygens (including phenoxy) is 1. The van der Waals surface area contributed by atoms with Crippen LogP contribution in [-0.4, -0.2) is 9.55 Å². The Morgan fingerprint density at radius 1 is 0.951 bits per heavy atom. The Bertz CT molecular complexity index is 1620. The number of rotatable bonds is 4. The minimum Gasteiger partial charge on any atom is -0.527 e. The summed E-state index contributed by atoms with van der Waals surface area (Å²) in [4.78, 5) is 4.22. The molecule has 210 valence electrons. The average molecular weight is 720 g/mol. The van der Waals surface area contributed by atoms with Gasteiger partial charge in [0.1, 0.15) is 5.75 Å². The molecule has 5 heteroatoms. The second-order valence-electron chi connectivity index (χ2n) is 12.2. The molecule has 0 saturated carbocycles. The van der Waals surface area contributed by atoms with Crippen LogP contribution in [0, 0.1) is 18.5 Å². The topological polar surface area (TPSA) is 30.9 Å². The minimum absolute atomic E-state index is 0. The van der Waals surface area contributed by atoms with Crippen molar-refractivity contribution < 1.29 is 29.4 Å². The molecule has 4 nitrogen and oxygen atoms in total. The molecule has 0 amide bonds. The molecule has 0 saturated heterocycles. The van der Waals surface area contributed by atoms with Crippen molar-refractivity contribution in [2.75, 3.05) is 0 Å². The van der Waals surface area contributed by atoms with Gasteiger partial charge in [-0.3, -0.25) is 0 Å². The number of unbranched alkanes of at least 4 members (excludes halogenated alkanes) is 1. The Morgan fingerprint density at radius 3 is 2.49 bits per heavy atom. The number of fused-ring (bicyclic) bond motifs is 4. The van der Waals surface area contributed by atoms with Gasteiger partial charge in [0.2, 0.25) is 6.33 Å². The zero-order chi connectivity index (χ0) is 27.9. The van der Waals surface area contributed by atoms with Crippen LogP contribution in [0.15, 0.2) is 72.9 Å². The van der Waals surface area contributed by atoms with Crippen molar-refractivity contribution in [1.82, 2.24) is 9.55 Å². The molecule has 1 aliphatic carbocycles. The molecule has 0 spiro atoms. The number of aromatic nitrogens is 3. The molecular formula is C36H37IrN3O+. The molecule has 1 aliphatic heterocycles. The average Bonchev–Trinajstić information content (AvgIpc) is 3.35. The van der Waals surface area contributed by atoms with Crippen LogP contribution in [-0.2, 0) is 37.5 Å². The van der Waals surface area contributed by atoms with Gasteiger partial charge in [-0.15, -0.1) is 47.0 Å². The molecule has 0 radical (unpaired) electrons. The van der Waals surface area contributed by atoms with Crippen molar-refractivity contribution in [3.05, 3.63) is 103 Å². The predicted octanol–water partition coefficient (Wildman–Crippen LogP) is 8.32. The van der Waals surface area contributed by atoms with Gasteiger partial charge < -0.3 is 18.9 Å². The summed E-state index contributed by atoms with van der Waals surface area (Å²) in [5, 5.41) is 0. The Morgan fingerprint density at radius 2 is 1.76 bits per heavy atom. The maximum atomic E-state index is 6.61. The van der Waals surface area contributed by atoms with Gasteiger partial charge in [0.15, 0.2) is 0 Å². The van der Waals surface area contributed by atoms with E-state index in [0.717, 1.165) is 53.3 Å². The van der Waals surface area contributed by atoms with E-state index < -0.39 is 0 Å². The second kappa shape index (κ2) is 11.5. The fraction of sp³-hybridized carbons (Fsp3) is 0.333. The summed E-state index contributed by atoms with van der Waals surface area (Å²) in [6.07, 6.45) is 10.1. The van der Waals surface area contributed by atoms with Crippen LogP contribution in [0.1, 0.15) is 71.4 Å². The Kier molecular flexibility index (Phi) is 8.23. The summed E-state index contributed by atoms with van der Waals surface area (Å²) in [5.74, 6) is 1.90. The summed E-state index contributed by atoms with van der Waals surface area (Å²) in [6.45, 7) is 12.6. The van der Waals surface area contributed by atoms with Crippen molar-refractivity contribution in [2.24, 2.45) is 0 Å². The van der Waals surface area contributed by atoms with Crippen LogP contribution in [0.2, 0.25) is 0 Å². The number of benzene rings is 3. The first kappa shape index (κ1) is 29.2. The van der Waals surface area contributed by atoms with Gasteiger partial charge >= 0.3 is 20.1 Å². The predicted molar refractivity (Wildman–Crippen MR) is 160 cm³/mol. The SMILES string of the molecule is CCCCn1[c-][n+]2c3c(cccc31)Oc1c-2[c-]cc2c1C(C)(C)CCC2(C)C.[Ir+3].[c-]1ccccc1-c1ccccn1. The first-order valence-corrected chi connectivity index (χ1v) is 14.4. The Labute approximate surface area is 257 Å². The van der Waals surface area contributed by atoms with Gasteiger partial charge in [-0.2, -0.15) is 12.1 Å². The monoisotopic (exact) mass is 720 g/mol. The van der Waals surface area contributed by atoms with Gasteiger partial charge in [0.05, 0.1) is 17.6 Å². The molecule has 7 rings (SSSR count). The van der Waals surface area contributed by atoms with E-state index in [0.29, 0.717) is 0 Å². The van der Waals surface area contributed by atoms with Crippen LogP contribution in [0.4, 0.5) is 0 Å². The number of nitrogens with zero attached hydrogens (tertiary/aromatic N) is 3. The normalized spacial score (nSPS) is 15.4. The van der Waals surface area contributed by atoms with Crippen LogP contribution in [0.25, 0.3) is 28.0 Å². The molecule has 41 heavy (non-hydrogen) atoms. The van der Waals surface area contributed by atoms with Crippen molar-refractivity contribution in [3.63, 3.8) is 0 Å². The summed E-state index contributed by atoms with van der Waals surface area (Å²) < 4.78 is 11.0. The first-order chi connectivity index (χ1) is 19.3. The van der Waals surface area contributed by atoms with Crippen molar-refractivity contribution >= 4 is 11.0 Å². The van der Waals surface area contributed by atoms with Crippen molar-refractivity contribution in [1.29, 1.82) is 0 Å². The number of pyridine rings is 1. The molecule has 2 aromatic heterocycles. The zero-order valence-electron chi connectivity index (χ0n) is 24.5. The fourth-order valence-corrected chi connectivity index (χ4v) is 5.97. The van der Waals surface area contributed by atoms with Gasteiger partial charge in [0.25, 0.3) is 0 Å². The molecule has 3 heterocycles. The Balaban J connectivity index is 0.000000218. The van der Waals surface area contributed by atoms with E-state index in [1.165, 1.54) is 29.5 Å². The summed E-state index contributed by atoms with van der Waals surface area (Å²) in [7, 11) is 0. The van der Waals surface area contributed by atoms with Crippen LogP contribution >= 0.6 is 0 Å². The molecular weight excluding hydrogens is 683 g/mol. The van der Waals surface area contributed by atoms with E-state index in [9.17, 15) is 0 Å². The summed E-state index contributed by atoms with van der Waals surface area (Å²) in [5.41, 5.74) is 8.26. The smallest absolute Gasteiger partial charge is 0.527 e. The van der Waals surface area contributed by atoms with E-state index in [1.807, 2.05) is 42.5 Å². The number of para-hydroxylation sites is 1. The third-order valence-corrected chi connectivity index (χ3v) is 8.38. The fourth-order valence-electron chi connectivity index (χ4n) is 5.97. The third kappa shape index (κ3) is 5.38. The van der Waals surface area contributed by atoms with Crippen LogP contribution in [0.5, 0.6) is 11.5 Å². The van der Waals surface area contributed by atoms with Gasteiger partial charge in [0, 0.05) is 11.9 Å². The zero-order valence-corrected chi connectivity index (χ0v) is 26.9. The number of hydrogen-bond donors (Lipinski definition) is 0. The molecule has 5 aromatic rings. The molecule has 0 atom stereocenters. The standard InChI is InChI=1S/C25H29N2O.C11H8N.Ir/c1-6-7-15-26-16-27-19-12-11-17-21(25(4,5)14-13-24(17,2)3)23(19)28-20-10-8-9-18(26)22(20)27;1-2-6-10(7-3-1)11-8-4-5-9-12-11;/h8-11H,6-7,13-15H2,1-5H3;1-6,8-9H;/q2*-1;+3. The van der Waals surface area contributed by atoms with Crippen molar-refractivity contribution in [3.8, 4) is 28.4 Å². The number of imidazole rings is 1. The molecule has 0 fully saturated rings. The third-order valence-electron chi connectivity index (χ3n) is 8.38. The van der Waals surface area contributed by atoms with E-state index in [1.54, 1.807) is 6.20 Å². The Hall–Kier alpha value is -3.27. The summed E-state index contributed by atoms with van der Waals surface area (Å²) in [6, 6.07) is 28.9. The second-order valence-corrected chi connectivity index (χ2v) is 12.2. The molecule has 3 aromatic carbocycles. The van der Waals surface area contributed by atoms with E-state index in [2.05, 4.69) is 91.5 Å². The van der Waals surface area contributed by atoms with Crippen LogP contribution in [0.3, 0.4) is 0 Å². The van der Waals surface area contributed by atoms with E-state index in [-0.39, 0.29) is 30.9 Å². The van der Waals surface area contributed by atoms with Crippen LogP contribution < -0.4 is 9.30 Å². The molecule has 2 aliphatic rings. The molecule has 0 N–H and O–H groups in total. The minimum atomic E-state index is 0. The quantitative estimate of drug-likeness (QED) is 0.136. The molecule has 0 bridgehead atoms. The number of aryl methyl sites for hydroxylation is 1. The van der Waals surface area contributed by atoms with Gasteiger partial charge in [-0.25, -0.2) is 0 Å². The van der Waals surface area contributed by atoms with Crippen molar-refractivity contribution in [2.45, 2.75) is 77.7 Å². The first-order valence-electron chi connectivity index (χ1n) is 14.4. The molecule has 0 unspecified atom stereocenters. The van der Waals surface area contributed by atoms with E-state index >= 15 is 0 Å². The maximum Gasteiger partial charge on any atom is 3.00 e. The van der Waals surface area contributed by atoms with Gasteiger partial charge in [-0.1, -0.05) is 77.1 Å². The largest absolute Gasteiger partial charge is 3.00 e. The number of hydrogen-bond acceptors (Lipinski definition) is 2. The summed E-state index contributed by atoms with van der Waals surface area (Å²) >= 11 is 0. The maximum absolute atomic E-state index is 6.61.